The van der Waals surface area contributed by atoms with E-state index in [1.54, 1.807) is 6.20 Å². The Balaban J connectivity index is 1.19. The summed E-state index contributed by atoms with van der Waals surface area (Å²) in [7, 11) is 0. The first-order valence-electron chi connectivity index (χ1n) is 12.0. The predicted octanol–water partition coefficient (Wildman–Crippen LogP) is 3.01. The van der Waals surface area contributed by atoms with Crippen molar-refractivity contribution in [3.8, 4) is 11.5 Å². The number of fused-ring (bicyclic) bond motifs is 1. The van der Waals surface area contributed by atoms with E-state index in [2.05, 4.69) is 26.2 Å². The third kappa shape index (κ3) is 5.30. The van der Waals surface area contributed by atoms with Crippen molar-refractivity contribution in [1.82, 2.24) is 20.1 Å². The third-order valence-corrected chi connectivity index (χ3v) is 7.24. The molecule has 182 valence electrons. The lowest BCUT2D eigenvalue weighted by Crippen LogP contribution is -2.46. The Bertz CT molecular complexity index is 986. The monoisotopic (exact) mass is 486 g/mol. The molecule has 0 saturated carbocycles. The van der Waals surface area contributed by atoms with Crippen LogP contribution in [0.3, 0.4) is 0 Å². The zero-order valence-electron chi connectivity index (χ0n) is 19.2. The number of carbonyl (C=O) groups excluding carboxylic acids is 1. The Morgan fingerprint density at radius 2 is 2.03 bits per heavy atom. The van der Waals surface area contributed by atoms with Crippen molar-refractivity contribution in [2.75, 3.05) is 46.2 Å². The molecule has 3 aliphatic rings. The van der Waals surface area contributed by atoms with Crippen LogP contribution in [0.15, 0.2) is 36.7 Å². The normalized spacial score (nSPS) is 21.3. The Morgan fingerprint density at radius 3 is 2.82 bits per heavy atom. The highest BCUT2D eigenvalue weighted by Gasteiger charge is 2.34. The van der Waals surface area contributed by atoms with Gasteiger partial charge in [-0.2, -0.15) is 0 Å². The fourth-order valence-electron chi connectivity index (χ4n) is 5.01. The minimum absolute atomic E-state index is 0.127. The minimum Gasteiger partial charge on any atom is -0.454 e. The summed E-state index contributed by atoms with van der Waals surface area (Å²) >= 11 is 6.40. The summed E-state index contributed by atoms with van der Waals surface area (Å²) in [4.78, 5) is 21.7. The summed E-state index contributed by atoms with van der Waals surface area (Å²) in [6.45, 7) is 5.54. The second-order valence-electron chi connectivity index (χ2n) is 8.95. The fourth-order valence-corrected chi connectivity index (χ4v) is 5.23. The van der Waals surface area contributed by atoms with Gasteiger partial charge in [0.1, 0.15) is 0 Å². The lowest BCUT2D eigenvalue weighted by atomic mass is 10.0. The zero-order chi connectivity index (χ0) is 23.3. The number of morpholine rings is 1. The second kappa shape index (κ2) is 10.9. The van der Waals surface area contributed by atoms with Crippen LogP contribution in [0.4, 0.5) is 0 Å². The van der Waals surface area contributed by atoms with Gasteiger partial charge in [-0.15, -0.1) is 0 Å². The molecule has 0 spiro atoms. The molecule has 2 aromatic rings. The first-order chi connectivity index (χ1) is 16.7. The quantitative estimate of drug-likeness (QED) is 0.546. The number of rotatable bonds is 9. The minimum atomic E-state index is 0.127. The highest BCUT2D eigenvalue weighted by Crippen LogP contribution is 2.36. The first-order valence-corrected chi connectivity index (χ1v) is 12.4. The number of hydrogen-bond donors (Lipinski definition) is 1. The Morgan fingerprint density at radius 1 is 1.21 bits per heavy atom. The third-order valence-electron chi connectivity index (χ3n) is 6.89. The molecule has 0 bridgehead atoms. The van der Waals surface area contributed by atoms with Gasteiger partial charge < -0.3 is 24.4 Å². The van der Waals surface area contributed by atoms with Crippen LogP contribution >= 0.6 is 11.6 Å². The van der Waals surface area contributed by atoms with Crippen molar-refractivity contribution in [3.05, 3.63) is 52.8 Å². The number of nitrogens with zero attached hydrogens (tertiary/aromatic N) is 3. The molecular formula is C25H31ClN4O4. The van der Waals surface area contributed by atoms with Gasteiger partial charge in [-0.1, -0.05) is 17.7 Å². The van der Waals surface area contributed by atoms with E-state index in [1.165, 1.54) is 0 Å². The van der Waals surface area contributed by atoms with E-state index < -0.39 is 0 Å². The maximum atomic E-state index is 12.8. The van der Waals surface area contributed by atoms with Crippen molar-refractivity contribution >= 4 is 17.5 Å². The lowest BCUT2D eigenvalue weighted by molar-refractivity contribution is -0.130. The number of benzene rings is 1. The molecule has 3 aliphatic heterocycles. The van der Waals surface area contributed by atoms with E-state index in [1.807, 2.05) is 24.4 Å². The maximum absolute atomic E-state index is 12.8. The number of halogens is 1. The average molecular weight is 487 g/mol. The number of carbonyl (C=O) groups is 1. The topological polar surface area (TPSA) is 76.2 Å². The molecule has 8 nitrogen and oxygen atoms in total. The molecule has 4 heterocycles. The van der Waals surface area contributed by atoms with Crippen molar-refractivity contribution in [3.63, 3.8) is 0 Å². The second-order valence-corrected chi connectivity index (χ2v) is 9.36. The van der Waals surface area contributed by atoms with Crippen molar-refractivity contribution in [1.29, 1.82) is 0 Å². The summed E-state index contributed by atoms with van der Waals surface area (Å²) < 4.78 is 16.4. The van der Waals surface area contributed by atoms with E-state index in [-0.39, 0.29) is 24.8 Å². The van der Waals surface area contributed by atoms with Crippen LogP contribution < -0.4 is 14.8 Å². The fraction of sp³-hybridized carbons (Fsp3) is 0.520. The van der Waals surface area contributed by atoms with Gasteiger partial charge in [-0.25, -0.2) is 0 Å². The largest absolute Gasteiger partial charge is 0.454 e. The van der Waals surface area contributed by atoms with Crippen LogP contribution in [-0.2, 0) is 16.1 Å². The molecule has 34 heavy (non-hydrogen) atoms. The summed E-state index contributed by atoms with van der Waals surface area (Å²) in [6, 6.07) is 8.18. The van der Waals surface area contributed by atoms with E-state index in [0.29, 0.717) is 30.3 Å². The number of likely N-dealkylation sites (tertiary alicyclic amines) is 1. The van der Waals surface area contributed by atoms with Gasteiger partial charge in [0.15, 0.2) is 11.5 Å². The standard InChI is InChI=1S/C25H31ClN4O4/c26-21-13-24-23(33-17-34-24)12-19(21)15-28-7-5-20-3-4-25(31)30(20)16-22(18-2-1-6-27-14-18)29-8-10-32-11-9-29/h1-2,6,12-14,20,22,28H,3-5,7-11,15-17H2. The number of ether oxygens (including phenoxy) is 3. The summed E-state index contributed by atoms with van der Waals surface area (Å²) in [5.41, 5.74) is 2.13. The summed E-state index contributed by atoms with van der Waals surface area (Å²) in [6.07, 6.45) is 6.13. The zero-order valence-corrected chi connectivity index (χ0v) is 20.0. The molecule has 5 rings (SSSR count). The number of pyridine rings is 1. The Kier molecular flexibility index (Phi) is 7.49. The maximum Gasteiger partial charge on any atom is 0.231 e. The molecule has 1 amide bonds. The van der Waals surface area contributed by atoms with E-state index >= 15 is 0 Å². The number of hydrogen-bond acceptors (Lipinski definition) is 7. The molecule has 2 unspecified atom stereocenters. The van der Waals surface area contributed by atoms with Crippen LogP contribution in [0.1, 0.15) is 36.4 Å². The number of amides is 1. The van der Waals surface area contributed by atoms with Gasteiger partial charge in [0.05, 0.1) is 19.3 Å². The van der Waals surface area contributed by atoms with E-state index in [0.717, 1.165) is 62.6 Å². The van der Waals surface area contributed by atoms with Gasteiger partial charge in [0.2, 0.25) is 12.7 Å². The molecule has 2 saturated heterocycles. The van der Waals surface area contributed by atoms with Gasteiger partial charge in [-0.05, 0) is 42.6 Å². The van der Waals surface area contributed by atoms with Gasteiger partial charge in [0.25, 0.3) is 0 Å². The highest BCUT2D eigenvalue weighted by atomic mass is 35.5. The smallest absolute Gasteiger partial charge is 0.231 e. The highest BCUT2D eigenvalue weighted by molar-refractivity contribution is 6.31. The summed E-state index contributed by atoms with van der Waals surface area (Å²) in [5.74, 6) is 1.67. The van der Waals surface area contributed by atoms with Crippen LogP contribution in [0.2, 0.25) is 5.02 Å². The van der Waals surface area contributed by atoms with Crippen LogP contribution in [-0.4, -0.2) is 72.9 Å². The molecule has 1 aromatic carbocycles. The average Bonchev–Trinajstić information content (AvgIpc) is 3.47. The Hall–Kier alpha value is -2.39. The van der Waals surface area contributed by atoms with Gasteiger partial charge >= 0.3 is 0 Å². The van der Waals surface area contributed by atoms with Crippen LogP contribution in [0, 0.1) is 0 Å². The molecular weight excluding hydrogens is 456 g/mol. The van der Waals surface area contributed by atoms with Crippen molar-refractivity contribution < 1.29 is 19.0 Å². The molecule has 1 N–H and O–H groups in total. The lowest BCUT2D eigenvalue weighted by Gasteiger charge is -2.38. The molecule has 2 atom stereocenters. The number of nitrogens with one attached hydrogen (secondary N) is 1. The summed E-state index contributed by atoms with van der Waals surface area (Å²) in [5, 5.41) is 4.15. The van der Waals surface area contributed by atoms with Crippen molar-refractivity contribution in [2.45, 2.75) is 37.9 Å². The molecule has 9 heteroatoms. The SMILES string of the molecule is O=C1CCC(CCNCc2cc3c(cc2Cl)OCO3)N1CC(c1cccnc1)N1CCOCC1. The number of aromatic nitrogens is 1. The van der Waals surface area contributed by atoms with E-state index in [9.17, 15) is 4.79 Å². The first kappa shape index (κ1) is 23.4. The van der Waals surface area contributed by atoms with Gasteiger partial charge in [0, 0.05) is 62.1 Å². The van der Waals surface area contributed by atoms with E-state index in [4.69, 9.17) is 25.8 Å². The molecule has 0 radical (unpaired) electrons. The molecule has 2 fully saturated rings. The predicted molar refractivity (Wildman–Crippen MR) is 128 cm³/mol. The van der Waals surface area contributed by atoms with Crippen molar-refractivity contribution in [2.24, 2.45) is 0 Å². The molecule has 0 aliphatic carbocycles. The van der Waals surface area contributed by atoms with Crippen LogP contribution in [0.5, 0.6) is 11.5 Å². The Labute approximate surface area is 205 Å². The van der Waals surface area contributed by atoms with Crippen LogP contribution in [0.25, 0.3) is 0 Å². The molecule has 1 aromatic heterocycles. The van der Waals surface area contributed by atoms with Gasteiger partial charge in [-0.3, -0.25) is 14.7 Å².